The van der Waals surface area contributed by atoms with Crippen LogP contribution in [0.25, 0.3) is 11.3 Å². The number of nitrogens with one attached hydrogen (secondary N) is 2. The van der Waals surface area contributed by atoms with Crippen LogP contribution in [-0.4, -0.2) is 41.2 Å². The Kier molecular flexibility index (Phi) is 8.79. The summed E-state index contributed by atoms with van der Waals surface area (Å²) >= 11 is 2.70. The SMILES string of the molecule is COc1ccc(-c2csc(NC(=O)C(C)Sc3ccc(NC(=O)c4ccc([N+](=O)[O-])cc4)cc3)n2)cc1OC. The highest BCUT2D eigenvalue weighted by Crippen LogP contribution is 2.34. The van der Waals surface area contributed by atoms with E-state index in [2.05, 4.69) is 15.6 Å². The third kappa shape index (κ3) is 6.92. The van der Waals surface area contributed by atoms with E-state index in [9.17, 15) is 19.7 Å². The van der Waals surface area contributed by atoms with E-state index in [1.807, 2.05) is 17.5 Å². The maximum absolute atomic E-state index is 12.8. The Bertz CT molecular complexity index is 1490. The molecule has 39 heavy (non-hydrogen) atoms. The number of benzene rings is 3. The van der Waals surface area contributed by atoms with Crippen molar-refractivity contribution in [2.75, 3.05) is 24.9 Å². The second-order valence-corrected chi connectivity index (χ2v) is 10.4. The fourth-order valence-corrected chi connectivity index (χ4v) is 5.07. The number of nitro benzene ring substituents is 1. The van der Waals surface area contributed by atoms with Crippen LogP contribution in [0.5, 0.6) is 11.5 Å². The molecule has 1 aromatic heterocycles. The predicted molar refractivity (Wildman–Crippen MR) is 152 cm³/mol. The summed E-state index contributed by atoms with van der Waals surface area (Å²) in [6.45, 7) is 1.80. The second kappa shape index (κ2) is 12.4. The van der Waals surface area contributed by atoms with Crippen molar-refractivity contribution < 1.29 is 24.0 Å². The van der Waals surface area contributed by atoms with Crippen molar-refractivity contribution in [2.45, 2.75) is 17.1 Å². The largest absolute Gasteiger partial charge is 0.493 e. The van der Waals surface area contributed by atoms with Gasteiger partial charge >= 0.3 is 0 Å². The van der Waals surface area contributed by atoms with Gasteiger partial charge in [0.25, 0.3) is 11.6 Å². The topological polar surface area (TPSA) is 133 Å². The summed E-state index contributed by atoms with van der Waals surface area (Å²) < 4.78 is 10.6. The number of rotatable bonds is 10. The number of non-ortho nitro benzene ring substituents is 1. The van der Waals surface area contributed by atoms with Crippen LogP contribution in [0.3, 0.4) is 0 Å². The molecule has 2 amide bonds. The molecule has 4 rings (SSSR count). The summed E-state index contributed by atoms with van der Waals surface area (Å²) in [6.07, 6.45) is 0. The molecule has 0 aliphatic rings. The Labute approximate surface area is 232 Å². The third-order valence-corrected chi connectivity index (χ3v) is 7.42. The van der Waals surface area contributed by atoms with Gasteiger partial charge in [0.1, 0.15) is 0 Å². The minimum absolute atomic E-state index is 0.0840. The van der Waals surface area contributed by atoms with Crippen LogP contribution in [0.15, 0.2) is 77.0 Å². The second-order valence-electron chi connectivity index (χ2n) is 8.14. The Morgan fingerprint density at radius 3 is 2.31 bits per heavy atom. The molecule has 3 aromatic carbocycles. The lowest BCUT2D eigenvalue weighted by Crippen LogP contribution is -2.22. The number of thiazole rings is 1. The molecule has 12 heteroatoms. The number of carbonyl (C=O) groups excluding carboxylic acids is 2. The fraction of sp³-hybridized carbons (Fsp3) is 0.148. The molecule has 1 atom stereocenters. The minimum atomic E-state index is -0.520. The normalized spacial score (nSPS) is 11.4. The molecule has 10 nitrogen and oxygen atoms in total. The zero-order valence-electron chi connectivity index (χ0n) is 21.2. The number of hydrogen-bond donors (Lipinski definition) is 2. The van der Waals surface area contributed by atoms with Gasteiger partial charge in [-0.1, -0.05) is 0 Å². The smallest absolute Gasteiger partial charge is 0.269 e. The highest BCUT2D eigenvalue weighted by molar-refractivity contribution is 8.00. The number of anilines is 2. The van der Waals surface area contributed by atoms with E-state index in [0.29, 0.717) is 33.6 Å². The maximum Gasteiger partial charge on any atom is 0.269 e. The molecule has 0 bridgehead atoms. The highest BCUT2D eigenvalue weighted by Gasteiger charge is 2.17. The van der Waals surface area contributed by atoms with E-state index in [-0.39, 0.29) is 17.5 Å². The van der Waals surface area contributed by atoms with Crippen molar-refractivity contribution in [3.05, 3.63) is 87.8 Å². The maximum atomic E-state index is 12.8. The zero-order chi connectivity index (χ0) is 27.9. The average molecular weight is 565 g/mol. The summed E-state index contributed by atoms with van der Waals surface area (Å²) in [5.41, 5.74) is 2.33. The van der Waals surface area contributed by atoms with Crippen molar-refractivity contribution in [2.24, 2.45) is 0 Å². The number of ether oxygens (including phenoxy) is 2. The molecule has 1 heterocycles. The van der Waals surface area contributed by atoms with Crippen molar-refractivity contribution in [1.29, 1.82) is 0 Å². The van der Waals surface area contributed by atoms with Crippen molar-refractivity contribution >= 4 is 51.4 Å². The standard InChI is InChI=1S/C27H24N4O6S2/c1-16(25(32)30-27-29-22(15-38-27)18-6-13-23(36-2)24(14-18)37-3)39-21-11-7-19(8-12-21)28-26(33)17-4-9-20(10-5-17)31(34)35/h4-16H,1-3H3,(H,28,33)(H,29,30,32). The Hall–Kier alpha value is -4.42. The molecule has 0 aliphatic heterocycles. The molecule has 0 aliphatic carbocycles. The Morgan fingerprint density at radius 1 is 0.974 bits per heavy atom. The van der Waals surface area contributed by atoms with Crippen LogP contribution in [0.1, 0.15) is 17.3 Å². The number of carbonyl (C=O) groups is 2. The van der Waals surface area contributed by atoms with Gasteiger partial charge in [0.2, 0.25) is 5.91 Å². The first-order valence-corrected chi connectivity index (χ1v) is 13.3. The first kappa shape index (κ1) is 27.6. The van der Waals surface area contributed by atoms with Crippen LogP contribution in [0.4, 0.5) is 16.5 Å². The molecule has 0 fully saturated rings. The highest BCUT2D eigenvalue weighted by atomic mass is 32.2. The number of methoxy groups -OCH3 is 2. The first-order chi connectivity index (χ1) is 18.8. The van der Waals surface area contributed by atoms with Gasteiger partial charge in [-0.25, -0.2) is 4.98 Å². The molecule has 2 N–H and O–H groups in total. The van der Waals surface area contributed by atoms with E-state index < -0.39 is 10.2 Å². The molecule has 0 spiro atoms. The Morgan fingerprint density at radius 2 is 1.67 bits per heavy atom. The van der Waals surface area contributed by atoms with Crippen LogP contribution in [0, 0.1) is 10.1 Å². The summed E-state index contributed by atoms with van der Waals surface area (Å²) in [5, 5.41) is 18.3. The fourth-order valence-electron chi connectivity index (χ4n) is 3.48. The van der Waals surface area contributed by atoms with E-state index in [4.69, 9.17) is 9.47 Å². The molecule has 200 valence electrons. The van der Waals surface area contributed by atoms with Crippen LogP contribution >= 0.6 is 23.1 Å². The van der Waals surface area contributed by atoms with E-state index in [1.54, 1.807) is 51.5 Å². The minimum Gasteiger partial charge on any atom is -0.493 e. The van der Waals surface area contributed by atoms with Gasteiger partial charge < -0.3 is 20.1 Å². The average Bonchev–Trinajstić information content (AvgIpc) is 3.42. The molecule has 1 unspecified atom stereocenters. The van der Waals surface area contributed by atoms with Crippen molar-refractivity contribution in [3.63, 3.8) is 0 Å². The van der Waals surface area contributed by atoms with Crippen LogP contribution in [0.2, 0.25) is 0 Å². The van der Waals surface area contributed by atoms with Gasteiger partial charge in [-0.15, -0.1) is 23.1 Å². The molecule has 0 saturated carbocycles. The number of thioether (sulfide) groups is 1. The summed E-state index contributed by atoms with van der Waals surface area (Å²) in [7, 11) is 3.14. The summed E-state index contributed by atoms with van der Waals surface area (Å²) in [5.74, 6) is 0.643. The van der Waals surface area contributed by atoms with Gasteiger partial charge in [-0.2, -0.15) is 0 Å². The van der Waals surface area contributed by atoms with E-state index in [0.717, 1.165) is 10.5 Å². The summed E-state index contributed by atoms with van der Waals surface area (Å²) in [4.78, 5) is 40.8. The molecule has 0 radical (unpaired) electrons. The molecular formula is C27H24N4O6S2. The summed E-state index contributed by atoms with van der Waals surface area (Å²) in [6, 6.07) is 17.9. The quantitative estimate of drug-likeness (QED) is 0.134. The third-order valence-electron chi connectivity index (χ3n) is 5.55. The van der Waals surface area contributed by atoms with Crippen molar-refractivity contribution in [3.8, 4) is 22.8 Å². The monoisotopic (exact) mass is 564 g/mol. The predicted octanol–water partition coefficient (Wildman–Crippen LogP) is 6.11. The van der Waals surface area contributed by atoms with Gasteiger partial charge in [0.15, 0.2) is 16.6 Å². The first-order valence-electron chi connectivity index (χ1n) is 11.6. The van der Waals surface area contributed by atoms with Crippen molar-refractivity contribution in [1.82, 2.24) is 4.98 Å². The number of nitro groups is 1. The Balaban J connectivity index is 1.32. The van der Waals surface area contributed by atoms with Gasteiger partial charge in [0, 0.05) is 39.2 Å². The lowest BCUT2D eigenvalue weighted by molar-refractivity contribution is -0.384. The number of amides is 2. The molecular weight excluding hydrogens is 540 g/mol. The lowest BCUT2D eigenvalue weighted by atomic mass is 10.1. The zero-order valence-corrected chi connectivity index (χ0v) is 22.8. The van der Waals surface area contributed by atoms with Gasteiger partial charge in [-0.05, 0) is 61.5 Å². The van der Waals surface area contributed by atoms with Gasteiger partial charge in [0.05, 0.1) is 30.1 Å². The van der Waals surface area contributed by atoms with E-state index >= 15 is 0 Å². The van der Waals surface area contributed by atoms with Gasteiger partial charge in [-0.3, -0.25) is 19.7 Å². The van der Waals surface area contributed by atoms with Crippen LogP contribution in [-0.2, 0) is 4.79 Å². The number of nitrogens with zero attached hydrogens (tertiary/aromatic N) is 2. The molecule has 4 aromatic rings. The van der Waals surface area contributed by atoms with E-state index in [1.165, 1.54) is 47.4 Å². The lowest BCUT2D eigenvalue weighted by Gasteiger charge is -2.11. The number of aromatic nitrogens is 1. The van der Waals surface area contributed by atoms with Crippen LogP contribution < -0.4 is 20.1 Å². The molecule has 0 saturated heterocycles. The number of hydrogen-bond acceptors (Lipinski definition) is 9.